The number of hydrogen-bond acceptors (Lipinski definition) is 3. The third kappa shape index (κ3) is 5.58. The standard InChI is InChI=1S/C17H18FNO3S/c1-22-8-9-23(21)12-13-4-2-7-16(10-13)19-17(20)14-5-3-6-15(18)11-14/h2-7,10-11H,8-9,12H2,1H3,(H,19,20). The number of hydrogen-bond donors (Lipinski definition) is 1. The Labute approximate surface area is 137 Å². The van der Waals surface area contributed by atoms with E-state index in [4.69, 9.17) is 4.74 Å². The largest absolute Gasteiger partial charge is 0.384 e. The maximum Gasteiger partial charge on any atom is 0.255 e. The van der Waals surface area contributed by atoms with Crippen LogP contribution in [-0.2, 0) is 21.3 Å². The molecule has 0 bridgehead atoms. The molecule has 0 saturated heterocycles. The van der Waals surface area contributed by atoms with Crippen molar-refractivity contribution >= 4 is 22.4 Å². The number of benzene rings is 2. The van der Waals surface area contributed by atoms with Gasteiger partial charge in [0.2, 0.25) is 0 Å². The van der Waals surface area contributed by atoms with E-state index >= 15 is 0 Å². The summed E-state index contributed by atoms with van der Waals surface area (Å²) in [6, 6.07) is 12.6. The first-order chi connectivity index (χ1) is 11.1. The molecule has 0 fully saturated rings. The summed E-state index contributed by atoms with van der Waals surface area (Å²) in [6.45, 7) is 0.447. The van der Waals surface area contributed by atoms with Crippen molar-refractivity contribution in [1.29, 1.82) is 0 Å². The predicted molar refractivity (Wildman–Crippen MR) is 89.4 cm³/mol. The van der Waals surface area contributed by atoms with Gasteiger partial charge in [-0.3, -0.25) is 9.00 Å². The van der Waals surface area contributed by atoms with Crippen LogP contribution < -0.4 is 5.32 Å². The number of nitrogens with one attached hydrogen (secondary N) is 1. The van der Waals surface area contributed by atoms with Crippen molar-refractivity contribution in [2.24, 2.45) is 0 Å². The molecular weight excluding hydrogens is 317 g/mol. The minimum absolute atomic E-state index is 0.249. The molecule has 4 nitrogen and oxygen atoms in total. The van der Waals surface area contributed by atoms with Crippen molar-refractivity contribution in [1.82, 2.24) is 0 Å². The van der Waals surface area contributed by atoms with E-state index in [0.717, 1.165) is 5.56 Å². The van der Waals surface area contributed by atoms with Gasteiger partial charge in [0.25, 0.3) is 5.91 Å². The molecule has 1 atom stereocenters. The predicted octanol–water partition coefficient (Wildman–Crippen LogP) is 2.97. The van der Waals surface area contributed by atoms with E-state index in [1.165, 1.54) is 18.2 Å². The van der Waals surface area contributed by atoms with Crippen molar-refractivity contribution in [3.63, 3.8) is 0 Å². The van der Waals surface area contributed by atoms with E-state index < -0.39 is 16.6 Å². The molecule has 0 aromatic heterocycles. The van der Waals surface area contributed by atoms with E-state index in [2.05, 4.69) is 5.32 Å². The Morgan fingerprint density at radius 3 is 2.74 bits per heavy atom. The lowest BCUT2D eigenvalue weighted by molar-refractivity contribution is 0.102. The van der Waals surface area contributed by atoms with Crippen LogP contribution in [0.1, 0.15) is 15.9 Å². The molecule has 0 heterocycles. The van der Waals surface area contributed by atoms with Crippen LogP contribution in [-0.4, -0.2) is 29.6 Å². The summed E-state index contributed by atoms with van der Waals surface area (Å²) in [5, 5.41) is 2.71. The van der Waals surface area contributed by atoms with Gasteiger partial charge in [0, 0.05) is 40.7 Å². The molecule has 0 spiro atoms. The van der Waals surface area contributed by atoms with Crippen LogP contribution in [0, 0.1) is 5.82 Å². The number of amides is 1. The Morgan fingerprint density at radius 1 is 1.22 bits per heavy atom. The number of methoxy groups -OCH3 is 1. The fourth-order valence-corrected chi connectivity index (χ4v) is 3.05. The molecule has 0 aliphatic carbocycles. The smallest absolute Gasteiger partial charge is 0.255 e. The van der Waals surface area contributed by atoms with Gasteiger partial charge in [-0.15, -0.1) is 0 Å². The van der Waals surface area contributed by atoms with Crippen LogP contribution in [0.5, 0.6) is 0 Å². The normalized spacial score (nSPS) is 11.9. The van der Waals surface area contributed by atoms with Crippen molar-refractivity contribution < 1.29 is 18.1 Å². The van der Waals surface area contributed by atoms with E-state index in [0.29, 0.717) is 23.8 Å². The number of rotatable bonds is 7. The fraction of sp³-hybridized carbons (Fsp3) is 0.235. The molecule has 2 aromatic carbocycles. The van der Waals surface area contributed by atoms with Crippen molar-refractivity contribution in [3.8, 4) is 0 Å². The van der Waals surface area contributed by atoms with Gasteiger partial charge in [0.1, 0.15) is 5.82 Å². The lowest BCUT2D eigenvalue weighted by atomic mass is 10.2. The maximum atomic E-state index is 13.2. The van der Waals surface area contributed by atoms with E-state index in [9.17, 15) is 13.4 Å². The Bertz CT molecular complexity index is 706. The fourth-order valence-electron chi connectivity index (χ4n) is 2.01. The molecular formula is C17H18FNO3S. The first-order valence-electron chi connectivity index (χ1n) is 7.08. The molecule has 23 heavy (non-hydrogen) atoms. The second-order valence-corrected chi connectivity index (χ2v) is 6.52. The van der Waals surface area contributed by atoms with Crippen molar-refractivity contribution in [3.05, 3.63) is 65.5 Å². The molecule has 1 amide bonds. The van der Waals surface area contributed by atoms with E-state index in [-0.39, 0.29) is 11.5 Å². The van der Waals surface area contributed by atoms with Gasteiger partial charge < -0.3 is 10.1 Å². The van der Waals surface area contributed by atoms with Gasteiger partial charge in [0.15, 0.2) is 0 Å². The summed E-state index contributed by atoms with van der Waals surface area (Å²) >= 11 is 0. The maximum absolute atomic E-state index is 13.2. The second-order valence-electron chi connectivity index (χ2n) is 4.95. The Kier molecular flexibility index (Phi) is 6.43. The summed E-state index contributed by atoms with van der Waals surface area (Å²) in [5.74, 6) is 0.0192. The molecule has 0 aliphatic rings. The van der Waals surface area contributed by atoms with E-state index in [1.54, 1.807) is 31.4 Å². The third-order valence-corrected chi connectivity index (χ3v) is 4.39. The molecule has 0 aliphatic heterocycles. The van der Waals surface area contributed by atoms with Crippen molar-refractivity contribution in [2.45, 2.75) is 5.75 Å². The third-order valence-electron chi connectivity index (χ3n) is 3.11. The van der Waals surface area contributed by atoms with Crippen LogP contribution in [0.2, 0.25) is 0 Å². The van der Waals surface area contributed by atoms with Gasteiger partial charge in [-0.25, -0.2) is 4.39 Å². The number of halogens is 1. The molecule has 1 N–H and O–H groups in total. The second kappa shape index (κ2) is 8.55. The zero-order chi connectivity index (χ0) is 16.7. The van der Waals surface area contributed by atoms with Gasteiger partial charge in [-0.1, -0.05) is 18.2 Å². The lowest BCUT2D eigenvalue weighted by Crippen LogP contribution is -2.12. The summed E-state index contributed by atoms with van der Waals surface area (Å²) in [5.41, 5.74) is 1.69. The molecule has 6 heteroatoms. The molecule has 2 aromatic rings. The highest BCUT2D eigenvalue weighted by Gasteiger charge is 2.08. The molecule has 122 valence electrons. The summed E-state index contributed by atoms with van der Waals surface area (Å²) < 4.78 is 29.9. The summed E-state index contributed by atoms with van der Waals surface area (Å²) in [4.78, 5) is 12.1. The van der Waals surface area contributed by atoms with Crippen LogP contribution in [0.25, 0.3) is 0 Å². The first kappa shape index (κ1) is 17.3. The van der Waals surface area contributed by atoms with E-state index in [1.807, 2.05) is 6.07 Å². The highest BCUT2D eigenvalue weighted by Crippen LogP contribution is 2.14. The minimum atomic E-state index is -1.02. The summed E-state index contributed by atoms with van der Waals surface area (Å²) in [7, 11) is 0.551. The highest BCUT2D eigenvalue weighted by molar-refractivity contribution is 7.84. The van der Waals surface area contributed by atoms with Gasteiger partial charge in [-0.2, -0.15) is 0 Å². The van der Waals surface area contributed by atoms with Gasteiger partial charge in [0.05, 0.1) is 6.61 Å². The zero-order valence-corrected chi connectivity index (χ0v) is 13.6. The average molecular weight is 335 g/mol. The minimum Gasteiger partial charge on any atom is -0.384 e. The average Bonchev–Trinajstić information content (AvgIpc) is 2.53. The number of carbonyl (C=O) groups is 1. The Morgan fingerprint density at radius 2 is 2.00 bits per heavy atom. The highest BCUT2D eigenvalue weighted by atomic mass is 32.2. The quantitative estimate of drug-likeness (QED) is 0.846. The van der Waals surface area contributed by atoms with Crippen LogP contribution in [0.15, 0.2) is 48.5 Å². The number of anilines is 1. The van der Waals surface area contributed by atoms with Gasteiger partial charge in [-0.05, 0) is 35.9 Å². The van der Waals surface area contributed by atoms with Crippen LogP contribution >= 0.6 is 0 Å². The molecule has 1 unspecified atom stereocenters. The van der Waals surface area contributed by atoms with Crippen LogP contribution in [0.4, 0.5) is 10.1 Å². The van der Waals surface area contributed by atoms with Crippen molar-refractivity contribution in [2.75, 3.05) is 24.8 Å². The number of ether oxygens (including phenoxy) is 1. The zero-order valence-electron chi connectivity index (χ0n) is 12.8. The molecule has 2 rings (SSSR count). The molecule has 0 radical (unpaired) electrons. The number of carbonyl (C=O) groups excluding carboxylic acids is 1. The Balaban J connectivity index is 2.02. The first-order valence-corrected chi connectivity index (χ1v) is 8.57. The topological polar surface area (TPSA) is 55.4 Å². The molecule has 0 saturated carbocycles. The SMILES string of the molecule is COCCS(=O)Cc1cccc(NC(=O)c2cccc(F)c2)c1. The lowest BCUT2D eigenvalue weighted by Gasteiger charge is -2.08. The van der Waals surface area contributed by atoms with Crippen LogP contribution in [0.3, 0.4) is 0 Å². The monoisotopic (exact) mass is 335 g/mol. The summed E-state index contributed by atoms with van der Waals surface area (Å²) in [6.07, 6.45) is 0. The Hall–Kier alpha value is -2.05. The van der Waals surface area contributed by atoms with Gasteiger partial charge >= 0.3 is 0 Å².